The Morgan fingerprint density at radius 2 is 0.792 bits per heavy atom. The number of rotatable bonds is 56. The number of likely N-dealkylation sites (N-methyl/N-ethyl adjacent to an activating group) is 1. The Labute approximate surface area is 444 Å². The number of allylic oxidation sites excluding steroid dienone is 8. The first-order chi connectivity index (χ1) is 35.1. The van der Waals surface area contributed by atoms with Crippen molar-refractivity contribution in [3.63, 3.8) is 0 Å². The number of quaternary nitrogens is 1. The molecule has 0 spiro atoms. The smallest absolute Gasteiger partial charge is 0.361 e. The van der Waals surface area contributed by atoms with Crippen LogP contribution in [0.1, 0.15) is 277 Å². The van der Waals surface area contributed by atoms with Gasteiger partial charge in [0.1, 0.15) is 13.2 Å². The van der Waals surface area contributed by atoms with Gasteiger partial charge in [-0.2, -0.15) is 0 Å². The summed E-state index contributed by atoms with van der Waals surface area (Å²) in [4.78, 5) is 37.0. The van der Waals surface area contributed by atoms with Gasteiger partial charge < -0.3 is 28.5 Å². The van der Waals surface area contributed by atoms with Gasteiger partial charge in [0.2, 0.25) is 0 Å². The molecule has 2 unspecified atom stereocenters. The average Bonchev–Trinajstić information content (AvgIpc) is 3.35. The molecule has 0 rings (SSSR count). The van der Waals surface area contributed by atoms with Gasteiger partial charge in [-0.25, -0.2) is 4.79 Å². The summed E-state index contributed by atoms with van der Waals surface area (Å²) in [5.41, 5.74) is 0. The number of nitrogens with zero attached hydrogens (tertiary/aromatic N) is 1. The first kappa shape index (κ1) is 69.2. The van der Waals surface area contributed by atoms with Crippen LogP contribution < -0.4 is 0 Å². The second kappa shape index (κ2) is 54.5. The van der Waals surface area contributed by atoms with E-state index in [1.165, 1.54) is 186 Å². The largest absolute Gasteiger partial charge is 0.477 e. The van der Waals surface area contributed by atoms with E-state index in [-0.39, 0.29) is 32.2 Å². The van der Waals surface area contributed by atoms with Crippen molar-refractivity contribution in [3.05, 3.63) is 48.6 Å². The first-order valence-electron chi connectivity index (χ1n) is 30.3. The average molecular weight is 1020 g/mol. The van der Waals surface area contributed by atoms with Crippen molar-refractivity contribution < 1.29 is 42.9 Å². The number of hydrogen-bond acceptors (Lipinski definition) is 7. The summed E-state index contributed by atoms with van der Waals surface area (Å²) < 4.78 is 22.7. The molecular weight excluding hydrogens is 899 g/mol. The Balaban J connectivity index is 3.76. The Bertz CT molecular complexity index is 1320. The minimum Gasteiger partial charge on any atom is -0.477 e. The normalized spacial score (nSPS) is 13.1. The monoisotopic (exact) mass is 1010 g/mol. The van der Waals surface area contributed by atoms with Gasteiger partial charge in [0.05, 0.1) is 34.4 Å². The molecule has 0 aromatic rings. The number of carboxylic acids is 1. The molecule has 0 aromatic carbocycles. The van der Waals surface area contributed by atoms with Crippen LogP contribution in [0.4, 0.5) is 0 Å². The topological polar surface area (TPSA) is 108 Å². The van der Waals surface area contributed by atoms with Gasteiger partial charge in [0, 0.05) is 12.8 Å². The minimum absolute atomic E-state index is 0.178. The standard InChI is InChI=1S/C63H115NO8/c1-6-8-10-12-14-15-16-17-18-19-20-21-22-23-24-25-26-27-28-29-30-31-32-33-34-35-36-37-38-39-40-41-42-43-44-45-46-47-48-50-52-54-61(66)72-59(57-70-60(65)53-51-49-13-11-9-7-2)58-71-63(62(67)68)69-56-55-64(3,4)5/h8,10,14-15,17-18,20-21,59,63H,6-7,9,11-13,16,19,22-58H2,1-5H3/p+1/b10-8-,15-14-,18-17-,21-20-. The highest BCUT2D eigenvalue weighted by molar-refractivity contribution is 5.71. The number of esters is 2. The van der Waals surface area contributed by atoms with E-state index >= 15 is 0 Å². The summed E-state index contributed by atoms with van der Waals surface area (Å²) in [6, 6.07) is 0. The SMILES string of the molecule is CC/C=C\C/C=C\C/C=C\C/C=C\CCCCCCCCCCCCCCCCCCCCCCCCCCCCCCC(=O)OC(COC(=O)CCCCCCCC)COC(OCC[N+](C)(C)C)C(=O)O. The highest BCUT2D eigenvalue weighted by Gasteiger charge is 2.25. The number of ether oxygens (including phenoxy) is 4. The van der Waals surface area contributed by atoms with E-state index in [4.69, 9.17) is 18.9 Å². The van der Waals surface area contributed by atoms with Crippen molar-refractivity contribution in [3.8, 4) is 0 Å². The molecule has 2 atom stereocenters. The van der Waals surface area contributed by atoms with E-state index in [1.807, 2.05) is 21.1 Å². The molecule has 9 heteroatoms. The second-order valence-electron chi connectivity index (χ2n) is 21.6. The van der Waals surface area contributed by atoms with Gasteiger partial charge in [-0.15, -0.1) is 0 Å². The minimum atomic E-state index is -1.50. The summed E-state index contributed by atoms with van der Waals surface area (Å²) >= 11 is 0. The third-order valence-electron chi connectivity index (χ3n) is 13.3. The van der Waals surface area contributed by atoms with Crippen LogP contribution in [0.5, 0.6) is 0 Å². The number of carbonyl (C=O) groups excluding carboxylic acids is 2. The van der Waals surface area contributed by atoms with Gasteiger partial charge in [0.15, 0.2) is 6.10 Å². The van der Waals surface area contributed by atoms with Crippen molar-refractivity contribution in [1.29, 1.82) is 0 Å². The van der Waals surface area contributed by atoms with Crippen LogP contribution in [0.25, 0.3) is 0 Å². The lowest BCUT2D eigenvalue weighted by atomic mass is 10.0. The second-order valence-corrected chi connectivity index (χ2v) is 21.6. The van der Waals surface area contributed by atoms with E-state index in [2.05, 4.69) is 62.5 Å². The third kappa shape index (κ3) is 55.0. The lowest BCUT2D eigenvalue weighted by Crippen LogP contribution is -2.40. The summed E-state index contributed by atoms with van der Waals surface area (Å²) in [5.74, 6) is -2.00. The molecule has 0 fully saturated rings. The first-order valence-corrected chi connectivity index (χ1v) is 30.3. The zero-order valence-corrected chi connectivity index (χ0v) is 47.8. The fourth-order valence-electron chi connectivity index (χ4n) is 8.71. The lowest BCUT2D eigenvalue weighted by molar-refractivity contribution is -0.870. The summed E-state index contributed by atoms with van der Waals surface area (Å²) in [6.07, 6.45) is 65.7. The third-order valence-corrected chi connectivity index (χ3v) is 13.3. The van der Waals surface area contributed by atoms with Crippen molar-refractivity contribution in [2.45, 2.75) is 289 Å². The van der Waals surface area contributed by atoms with Gasteiger partial charge in [-0.05, 0) is 51.4 Å². The number of hydrogen-bond donors (Lipinski definition) is 1. The van der Waals surface area contributed by atoms with E-state index in [0.29, 0.717) is 17.4 Å². The molecule has 1 N–H and O–H groups in total. The molecule has 0 radical (unpaired) electrons. The Morgan fingerprint density at radius 1 is 0.431 bits per heavy atom. The predicted octanol–water partition coefficient (Wildman–Crippen LogP) is 17.9. The zero-order valence-electron chi connectivity index (χ0n) is 47.8. The highest BCUT2D eigenvalue weighted by Crippen LogP contribution is 2.18. The van der Waals surface area contributed by atoms with Crippen molar-refractivity contribution in [1.82, 2.24) is 0 Å². The summed E-state index contributed by atoms with van der Waals surface area (Å²) in [5, 5.41) is 9.63. The van der Waals surface area contributed by atoms with Crippen LogP contribution in [0.2, 0.25) is 0 Å². The van der Waals surface area contributed by atoms with Crippen LogP contribution in [-0.2, 0) is 33.3 Å². The molecule has 72 heavy (non-hydrogen) atoms. The van der Waals surface area contributed by atoms with Crippen LogP contribution >= 0.6 is 0 Å². The summed E-state index contributed by atoms with van der Waals surface area (Å²) in [6.45, 7) is 4.72. The Kier molecular flexibility index (Phi) is 52.4. The molecule has 0 bridgehead atoms. The molecule has 0 amide bonds. The molecular formula is C63H116NO8+. The molecule has 0 heterocycles. The fraction of sp³-hybridized carbons (Fsp3) is 0.825. The number of carboxylic acid groups (broad SMARTS) is 1. The maximum Gasteiger partial charge on any atom is 0.361 e. The van der Waals surface area contributed by atoms with Gasteiger partial charge in [-0.3, -0.25) is 9.59 Å². The maximum absolute atomic E-state index is 12.8. The number of unbranched alkanes of at least 4 members (excludes halogenated alkanes) is 33. The van der Waals surface area contributed by atoms with E-state index in [0.717, 1.165) is 64.2 Å². The lowest BCUT2D eigenvalue weighted by Gasteiger charge is -2.25. The molecule has 0 saturated carbocycles. The number of carbonyl (C=O) groups is 3. The van der Waals surface area contributed by atoms with E-state index in [1.54, 1.807) is 0 Å². The van der Waals surface area contributed by atoms with E-state index < -0.39 is 24.3 Å². The highest BCUT2D eigenvalue weighted by atomic mass is 16.7. The molecule has 0 saturated heterocycles. The van der Waals surface area contributed by atoms with Crippen LogP contribution in [-0.4, -0.2) is 87.4 Å². The molecule has 0 aromatic heterocycles. The van der Waals surface area contributed by atoms with Gasteiger partial charge in [0.25, 0.3) is 6.29 Å². The van der Waals surface area contributed by atoms with Crippen LogP contribution in [0, 0.1) is 0 Å². The molecule has 0 aliphatic rings. The quantitative estimate of drug-likeness (QED) is 0.0211. The van der Waals surface area contributed by atoms with Crippen molar-refractivity contribution in [2.75, 3.05) is 47.5 Å². The number of aliphatic carboxylic acids is 1. The molecule has 9 nitrogen and oxygen atoms in total. The zero-order chi connectivity index (χ0) is 52.7. The van der Waals surface area contributed by atoms with Crippen LogP contribution in [0.3, 0.4) is 0 Å². The molecule has 420 valence electrons. The molecule has 0 aliphatic carbocycles. The van der Waals surface area contributed by atoms with Crippen LogP contribution in [0.15, 0.2) is 48.6 Å². The summed E-state index contributed by atoms with van der Waals surface area (Å²) in [7, 11) is 5.96. The van der Waals surface area contributed by atoms with Gasteiger partial charge >= 0.3 is 17.9 Å². The maximum atomic E-state index is 12.8. The van der Waals surface area contributed by atoms with Crippen molar-refractivity contribution >= 4 is 17.9 Å². The van der Waals surface area contributed by atoms with Crippen molar-refractivity contribution in [2.24, 2.45) is 0 Å². The fourth-order valence-corrected chi connectivity index (χ4v) is 8.71. The van der Waals surface area contributed by atoms with Gasteiger partial charge in [-0.1, -0.05) is 262 Å². The Morgan fingerprint density at radius 3 is 1.18 bits per heavy atom. The predicted molar refractivity (Wildman–Crippen MR) is 304 cm³/mol. The van der Waals surface area contributed by atoms with E-state index in [9.17, 15) is 19.5 Å². The Hall–Kier alpha value is -2.75. The molecule has 0 aliphatic heterocycles.